The lowest BCUT2D eigenvalue weighted by Crippen LogP contribution is -2.13. The van der Waals surface area contributed by atoms with E-state index in [1.54, 1.807) is 0 Å². The molecule has 0 saturated heterocycles. The van der Waals surface area contributed by atoms with Crippen LogP contribution in [0.4, 0.5) is 0 Å². The SMILES string of the molecule is Cc1ccccc1C(=O)N=c1sc2cc(Br)ccc2n1C. The monoisotopic (exact) mass is 360 g/mol. The van der Waals surface area contributed by atoms with Gasteiger partial charge in [-0.1, -0.05) is 45.5 Å². The van der Waals surface area contributed by atoms with E-state index in [9.17, 15) is 4.79 Å². The Labute approximate surface area is 134 Å². The summed E-state index contributed by atoms with van der Waals surface area (Å²) in [6, 6.07) is 13.6. The van der Waals surface area contributed by atoms with Crippen molar-refractivity contribution in [1.82, 2.24) is 4.57 Å². The lowest BCUT2D eigenvalue weighted by atomic mass is 10.1. The fraction of sp³-hybridized carbons (Fsp3) is 0.125. The molecule has 5 heteroatoms. The standard InChI is InChI=1S/C16H13BrN2OS/c1-10-5-3-4-6-12(10)15(20)18-16-19(2)13-8-7-11(17)9-14(13)21-16/h3-9H,1-2H3. The van der Waals surface area contributed by atoms with Crippen LogP contribution in [0.15, 0.2) is 51.9 Å². The summed E-state index contributed by atoms with van der Waals surface area (Å²) in [4.78, 5) is 17.3. The molecule has 0 saturated carbocycles. The summed E-state index contributed by atoms with van der Waals surface area (Å²) in [5.74, 6) is -0.200. The van der Waals surface area contributed by atoms with E-state index in [0.717, 1.165) is 20.3 Å². The third-order valence-corrected chi connectivity index (χ3v) is 4.93. The van der Waals surface area contributed by atoms with Crippen LogP contribution >= 0.6 is 27.3 Å². The highest BCUT2D eigenvalue weighted by atomic mass is 79.9. The first kappa shape index (κ1) is 14.2. The number of fused-ring (bicyclic) bond motifs is 1. The first-order chi connectivity index (χ1) is 10.1. The van der Waals surface area contributed by atoms with Gasteiger partial charge in [-0.3, -0.25) is 4.79 Å². The lowest BCUT2D eigenvalue weighted by molar-refractivity contribution is 0.0997. The minimum Gasteiger partial charge on any atom is -0.319 e. The van der Waals surface area contributed by atoms with Crippen molar-refractivity contribution in [3.05, 3.63) is 62.9 Å². The molecule has 3 nitrogen and oxygen atoms in total. The molecule has 3 rings (SSSR count). The van der Waals surface area contributed by atoms with E-state index < -0.39 is 0 Å². The number of thiazole rings is 1. The number of rotatable bonds is 1. The Morgan fingerprint density at radius 3 is 2.76 bits per heavy atom. The molecule has 1 amide bonds. The zero-order valence-electron chi connectivity index (χ0n) is 11.6. The summed E-state index contributed by atoms with van der Waals surface area (Å²) in [5, 5.41) is 0. The van der Waals surface area contributed by atoms with Crippen molar-refractivity contribution in [3.63, 3.8) is 0 Å². The number of aromatic nitrogens is 1. The molecule has 0 N–H and O–H groups in total. The summed E-state index contributed by atoms with van der Waals surface area (Å²) in [5.41, 5.74) is 2.66. The number of halogens is 1. The van der Waals surface area contributed by atoms with Crippen LogP contribution in [0, 0.1) is 6.92 Å². The van der Waals surface area contributed by atoms with E-state index in [2.05, 4.69) is 20.9 Å². The van der Waals surface area contributed by atoms with Crippen LogP contribution in [0.3, 0.4) is 0 Å². The molecule has 0 radical (unpaired) electrons. The maximum atomic E-state index is 12.3. The number of carbonyl (C=O) groups excluding carboxylic acids is 1. The van der Waals surface area contributed by atoms with E-state index in [1.165, 1.54) is 11.3 Å². The highest BCUT2D eigenvalue weighted by Crippen LogP contribution is 2.21. The van der Waals surface area contributed by atoms with Crippen LogP contribution in [0.5, 0.6) is 0 Å². The highest BCUT2D eigenvalue weighted by molar-refractivity contribution is 9.10. The van der Waals surface area contributed by atoms with Crippen LogP contribution in [-0.2, 0) is 7.05 Å². The van der Waals surface area contributed by atoms with Gasteiger partial charge in [-0.25, -0.2) is 0 Å². The fourth-order valence-corrected chi connectivity index (χ4v) is 3.74. The van der Waals surface area contributed by atoms with E-state index in [4.69, 9.17) is 0 Å². The lowest BCUT2D eigenvalue weighted by Gasteiger charge is -1.99. The molecule has 0 bridgehead atoms. The van der Waals surface area contributed by atoms with Crippen LogP contribution in [0.2, 0.25) is 0 Å². The van der Waals surface area contributed by atoms with Crippen LogP contribution in [-0.4, -0.2) is 10.5 Å². The topological polar surface area (TPSA) is 34.4 Å². The molecule has 0 aliphatic heterocycles. The molecule has 2 aromatic carbocycles. The molecule has 0 atom stereocenters. The van der Waals surface area contributed by atoms with Crippen molar-refractivity contribution in [1.29, 1.82) is 0 Å². The second kappa shape index (κ2) is 5.58. The zero-order valence-corrected chi connectivity index (χ0v) is 14.0. The minimum atomic E-state index is -0.200. The average Bonchev–Trinajstić information content (AvgIpc) is 2.75. The minimum absolute atomic E-state index is 0.200. The Hall–Kier alpha value is -1.72. The average molecular weight is 361 g/mol. The van der Waals surface area contributed by atoms with Gasteiger partial charge in [0.05, 0.1) is 10.2 Å². The molecule has 106 valence electrons. The molecule has 0 fully saturated rings. The Kier molecular flexibility index (Phi) is 3.78. The summed E-state index contributed by atoms with van der Waals surface area (Å²) >= 11 is 4.98. The van der Waals surface area contributed by atoms with Gasteiger partial charge in [-0.05, 0) is 36.8 Å². The van der Waals surface area contributed by atoms with Crippen molar-refractivity contribution >= 4 is 43.4 Å². The van der Waals surface area contributed by atoms with Gasteiger partial charge in [0, 0.05) is 17.1 Å². The highest BCUT2D eigenvalue weighted by Gasteiger charge is 2.09. The van der Waals surface area contributed by atoms with Crippen molar-refractivity contribution in [2.45, 2.75) is 6.92 Å². The Morgan fingerprint density at radius 1 is 1.24 bits per heavy atom. The van der Waals surface area contributed by atoms with E-state index in [1.807, 2.05) is 61.0 Å². The van der Waals surface area contributed by atoms with Crippen molar-refractivity contribution < 1.29 is 4.79 Å². The number of amides is 1. The second-order valence-corrected chi connectivity index (χ2v) is 6.71. The molecule has 0 spiro atoms. The molecule has 21 heavy (non-hydrogen) atoms. The van der Waals surface area contributed by atoms with E-state index >= 15 is 0 Å². The normalized spacial score (nSPS) is 12.0. The van der Waals surface area contributed by atoms with Gasteiger partial charge >= 0.3 is 0 Å². The number of carbonyl (C=O) groups is 1. The van der Waals surface area contributed by atoms with Gasteiger partial charge in [0.2, 0.25) is 0 Å². The first-order valence-electron chi connectivity index (χ1n) is 6.46. The summed E-state index contributed by atoms with van der Waals surface area (Å²) in [7, 11) is 1.93. The van der Waals surface area contributed by atoms with Gasteiger partial charge in [0.15, 0.2) is 4.80 Å². The van der Waals surface area contributed by atoms with Gasteiger partial charge < -0.3 is 4.57 Å². The smallest absolute Gasteiger partial charge is 0.279 e. The summed E-state index contributed by atoms with van der Waals surface area (Å²) < 4.78 is 4.07. The number of nitrogens with zero attached hydrogens (tertiary/aromatic N) is 2. The summed E-state index contributed by atoms with van der Waals surface area (Å²) in [6.07, 6.45) is 0. The molecule has 0 aliphatic carbocycles. The molecule has 1 aromatic heterocycles. The molecule has 1 heterocycles. The number of hydrogen-bond donors (Lipinski definition) is 0. The molecule has 3 aromatic rings. The van der Waals surface area contributed by atoms with Gasteiger partial charge in [0.1, 0.15) is 0 Å². The van der Waals surface area contributed by atoms with Gasteiger partial charge in [-0.2, -0.15) is 4.99 Å². The van der Waals surface area contributed by atoms with Crippen LogP contribution in [0.1, 0.15) is 15.9 Å². The van der Waals surface area contributed by atoms with Gasteiger partial charge in [0.25, 0.3) is 5.91 Å². The van der Waals surface area contributed by atoms with E-state index in [-0.39, 0.29) is 5.91 Å². The number of hydrogen-bond acceptors (Lipinski definition) is 2. The predicted molar refractivity (Wildman–Crippen MR) is 89.6 cm³/mol. The summed E-state index contributed by atoms with van der Waals surface area (Å²) in [6.45, 7) is 1.92. The second-order valence-electron chi connectivity index (χ2n) is 4.79. The van der Waals surface area contributed by atoms with Gasteiger partial charge in [-0.15, -0.1) is 0 Å². The fourth-order valence-electron chi connectivity index (χ4n) is 2.17. The zero-order chi connectivity index (χ0) is 15.0. The molecular formula is C16H13BrN2OS. The molecule has 0 aliphatic rings. The quantitative estimate of drug-likeness (QED) is 0.644. The largest absolute Gasteiger partial charge is 0.319 e. The Morgan fingerprint density at radius 2 is 2.00 bits per heavy atom. The molecule has 0 unspecified atom stereocenters. The third-order valence-electron chi connectivity index (χ3n) is 3.34. The third kappa shape index (κ3) is 2.71. The number of benzene rings is 2. The van der Waals surface area contributed by atoms with Crippen molar-refractivity contribution in [3.8, 4) is 0 Å². The number of aryl methyl sites for hydroxylation is 2. The Balaban J connectivity index is 2.14. The maximum absolute atomic E-state index is 12.3. The van der Waals surface area contributed by atoms with E-state index in [0.29, 0.717) is 10.4 Å². The van der Waals surface area contributed by atoms with Crippen molar-refractivity contribution in [2.24, 2.45) is 12.0 Å². The van der Waals surface area contributed by atoms with Crippen molar-refractivity contribution in [2.75, 3.05) is 0 Å². The Bertz CT molecular complexity index is 908. The molecular weight excluding hydrogens is 348 g/mol. The van der Waals surface area contributed by atoms with Crippen LogP contribution in [0.25, 0.3) is 10.2 Å². The maximum Gasteiger partial charge on any atom is 0.279 e. The van der Waals surface area contributed by atoms with Crippen LogP contribution < -0.4 is 4.80 Å². The predicted octanol–water partition coefficient (Wildman–Crippen LogP) is 4.05. The first-order valence-corrected chi connectivity index (χ1v) is 8.07.